The molecule has 0 aliphatic heterocycles. The van der Waals surface area contributed by atoms with Crippen molar-refractivity contribution in [1.82, 2.24) is 0 Å². The topological polar surface area (TPSA) is 18.5 Å². The van der Waals surface area contributed by atoms with E-state index < -0.39 is 0 Å². The highest BCUT2D eigenvalue weighted by atomic mass is 19.1. The number of fused-ring (bicyclic) bond motifs is 3. The predicted molar refractivity (Wildman–Crippen MR) is 114 cm³/mol. The fraction of sp³-hybridized carbons (Fsp3) is 0.520. The molecule has 0 aromatic heterocycles. The van der Waals surface area contributed by atoms with Crippen LogP contribution in [0.1, 0.15) is 69.9 Å². The van der Waals surface area contributed by atoms with Gasteiger partial charge in [-0.3, -0.25) is 0 Å². The van der Waals surface area contributed by atoms with Crippen LogP contribution in [0.5, 0.6) is 11.5 Å². The molecule has 29 heavy (non-hydrogen) atoms. The molecule has 1 aliphatic rings. The lowest BCUT2D eigenvalue weighted by Gasteiger charge is -2.23. The van der Waals surface area contributed by atoms with E-state index in [1.54, 1.807) is 12.1 Å². The Hall–Kier alpha value is -2.10. The summed E-state index contributed by atoms with van der Waals surface area (Å²) in [6.45, 7) is 5.33. The Morgan fingerprint density at radius 2 is 1.10 bits per heavy atom. The van der Waals surface area contributed by atoms with Gasteiger partial charge in [0, 0.05) is 0 Å². The van der Waals surface area contributed by atoms with Crippen molar-refractivity contribution in [2.24, 2.45) is 0 Å². The van der Waals surface area contributed by atoms with Gasteiger partial charge >= 0.3 is 0 Å². The molecule has 0 atom stereocenters. The highest BCUT2D eigenvalue weighted by Gasteiger charge is 2.25. The van der Waals surface area contributed by atoms with E-state index in [0.29, 0.717) is 48.7 Å². The quantitative estimate of drug-likeness (QED) is 0.368. The highest BCUT2D eigenvalue weighted by Crippen LogP contribution is 2.40. The molecule has 0 fully saturated rings. The van der Waals surface area contributed by atoms with E-state index in [0.717, 1.165) is 49.7 Å². The summed E-state index contributed by atoms with van der Waals surface area (Å²) in [6, 6.07) is 7.07. The van der Waals surface area contributed by atoms with Crippen LogP contribution in [0.3, 0.4) is 0 Å². The number of hydrogen-bond donors (Lipinski definition) is 0. The molecule has 0 spiro atoms. The van der Waals surface area contributed by atoms with Gasteiger partial charge < -0.3 is 9.47 Å². The molecule has 4 heteroatoms. The van der Waals surface area contributed by atoms with E-state index >= 15 is 0 Å². The number of hydrogen-bond acceptors (Lipinski definition) is 2. The standard InChI is InChI=1S/C25H32F2O2/c1-3-5-7-9-17-29-23-15-13-19-18-12-14-22(28-16-8-6-4-2)24(26)20(18)10-11-21(19)25(23)27/h12-15H,3-11,16-17H2,1-2H3. The minimum Gasteiger partial charge on any atom is -0.491 e. The first-order valence-corrected chi connectivity index (χ1v) is 11.1. The summed E-state index contributed by atoms with van der Waals surface area (Å²) >= 11 is 0. The third kappa shape index (κ3) is 5.09. The first-order valence-electron chi connectivity index (χ1n) is 11.1. The molecule has 0 N–H and O–H groups in total. The summed E-state index contributed by atoms with van der Waals surface area (Å²) in [4.78, 5) is 0. The Labute approximate surface area is 173 Å². The van der Waals surface area contributed by atoms with Gasteiger partial charge in [0.2, 0.25) is 0 Å². The molecule has 0 amide bonds. The average Bonchev–Trinajstić information content (AvgIpc) is 2.73. The van der Waals surface area contributed by atoms with E-state index in [-0.39, 0.29) is 11.6 Å². The fourth-order valence-corrected chi connectivity index (χ4v) is 3.91. The maximum atomic E-state index is 15.0. The first kappa shape index (κ1) is 21.6. The van der Waals surface area contributed by atoms with Crippen molar-refractivity contribution in [3.8, 4) is 22.6 Å². The molecule has 0 unspecified atom stereocenters. The van der Waals surface area contributed by atoms with Gasteiger partial charge in [0.05, 0.1) is 13.2 Å². The zero-order valence-corrected chi connectivity index (χ0v) is 17.7. The Kier molecular flexibility index (Phi) is 7.91. The van der Waals surface area contributed by atoms with Gasteiger partial charge in [-0.05, 0) is 60.1 Å². The molecule has 0 bridgehead atoms. The minimum absolute atomic E-state index is 0.302. The summed E-state index contributed by atoms with van der Waals surface area (Å²) in [6.07, 6.45) is 8.39. The van der Waals surface area contributed by atoms with Crippen molar-refractivity contribution in [3.05, 3.63) is 47.0 Å². The lowest BCUT2D eigenvalue weighted by Crippen LogP contribution is -2.11. The molecule has 2 aromatic carbocycles. The molecule has 0 radical (unpaired) electrons. The van der Waals surface area contributed by atoms with Crippen molar-refractivity contribution in [1.29, 1.82) is 0 Å². The van der Waals surface area contributed by atoms with Gasteiger partial charge in [-0.25, -0.2) is 8.78 Å². The molecular formula is C25H32F2O2. The Morgan fingerprint density at radius 1 is 0.655 bits per heavy atom. The Bertz CT molecular complexity index is 817. The van der Waals surface area contributed by atoms with E-state index in [9.17, 15) is 8.78 Å². The molecular weight excluding hydrogens is 370 g/mol. The van der Waals surface area contributed by atoms with Crippen LogP contribution in [-0.4, -0.2) is 13.2 Å². The Balaban J connectivity index is 1.75. The molecule has 158 valence electrons. The van der Waals surface area contributed by atoms with E-state index in [2.05, 4.69) is 13.8 Å². The summed E-state index contributed by atoms with van der Waals surface area (Å²) in [5.74, 6) is 0.00102. The second-order valence-corrected chi connectivity index (χ2v) is 7.77. The second kappa shape index (κ2) is 10.6. The molecule has 1 aliphatic carbocycles. The molecule has 0 saturated carbocycles. The van der Waals surface area contributed by atoms with E-state index in [4.69, 9.17) is 9.47 Å². The average molecular weight is 403 g/mol. The van der Waals surface area contributed by atoms with Gasteiger partial charge in [-0.1, -0.05) is 58.1 Å². The van der Waals surface area contributed by atoms with Crippen LogP contribution in [0.2, 0.25) is 0 Å². The van der Waals surface area contributed by atoms with Crippen molar-refractivity contribution in [2.45, 2.75) is 71.6 Å². The summed E-state index contributed by atoms with van der Waals surface area (Å²) in [5.41, 5.74) is 2.77. The van der Waals surface area contributed by atoms with Crippen LogP contribution in [0.4, 0.5) is 8.78 Å². The smallest absolute Gasteiger partial charge is 0.168 e. The zero-order chi connectivity index (χ0) is 20.6. The molecule has 3 rings (SSSR count). The number of rotatable bonds is 11. The van der Waals surface area contributed by atoms with Crippen molar-refractivity contribution < 1.29 is 18.3 Å². The minimum atomic E-state index is -0.304. The second-order valence-electron chi connectivity index (χ2n) is 7.77. The van der Waals surface area contributed by atoms with Crippen LogP contribution in [-0.2, 0) is 12.8 Å². The number of ether oxygens (including phenoxy) is 2. The SMILES string of the molecule is CCCCCCOc1ccc2c(c1F)CCc1c-2ccc(OCCCCC)c1F. The highest BCUT2D eigenvalue weighted by molar-refractivity contribution is 5.75. The summed E-state index contributed by atoms with van der Waals surface area (Å²) in [7, 11) is 0. The van der Waals surface area contributed by atoms with Crippen molar-refractivity contribution in [3.63, 3.8) is 0 Å². The summed E-state index contributed by atoms with van der Waals surface area (Å²) < 4.78 is 41.3. The fourth-order valence-electron chi connectivity index (χ4n) is 3.91. The lowest BCUT2D eigenvalue weighted by molar-refractivity contribution is 0.289. The molecule has 0 saturated heterocycles. The molecule has 2 nitrogen and oxygen atoms in total. The molecule has 2 aromatic rings. The monoisotopic (exact) mass is 402 g/mol. The maximum Gasteiger partial charge on any atom is 0.168 e. The van der Waals surface area contributed by atoms with Crippen LogP contribution in [0.25, 0.3) is 11.1 Å². The van der Waals surface area contributed by atoms with Crippen LogP contribution < -0.4 is 9.47 Å². The Morgan fingerprint density at radius 3 is 1.59 bits per heavy atom. The van der Waals surface area contributed by atoms with E-state index in [1.807, 2.05) is 12.1 Å². The zero-order valence-electron chi connectivity index (χ0n) is 17.7. The number of benzene rings is 2. The van der Waals surface area contributed by atoms with Crippen molar-refractivity contribution in [2.75, 3.05) is 13.2 Å². The summed E-state index contributed by atoms with van der Waals surface area (Å²) in [5, 5.41) is 0. The normalized spacial score (nSPS) is 12.4. The lowest BCUT2D eigenvalue weighted by atomic mass is 9.84. The first-order chi connectivity index (χ1) is 14.2. The largest absolute Gasteiger partial charge is 0.491 e. The van der Waals surface area contributed by atoms with Gasteiger partial charge in [0.1, 0.15) is 0 Å². The van der Waals surface area contributed by atoms with Gasteiger partial charge in [0.15, 0.2) is 23.1 Å². The van der Waals surface area contributed by atoms with Crippen LogP contribution in [0, 0.1) is 11.6 Å². The van der Waals surface area contributed by atoms with Crippen LogP contribution in [0.15, 0.2) is 24.3 Å². The number of halogens is 2. The van der Waals surface area contributed by atoms with Gasteiger partial charge in [-0.15, -0.1) is 0 Å². The maximum absolute atomic E-state index is 15.0. The van der Waals surface area contributed by atoms with Gasteiger partial charge in [-0.2, -0.15) is 0 Å². The number of unbranched alkanes of at least 4 members (excludes halogenated alkanes) is 5. The molecule has 0 heterocycles. The van der Waals surface area contributed by atoms with E-state index in [1.165, 1.54) is 6.42 Å². The predicted octanol–water partition coefficient (Wildman–Crippen LogP) is 7.26. The van der Waals surface area contributed by atoms with Crippen LogP contribution >= 0.6 is 0 Å². The third-order valence-electron chi connectivity index (χ3n) is 5.59. The van der Waals surface area contributed by atoms with Crippen molar-refractivity contribution >= 4 is 0 Å². The van der Waals surface area contributed by atoms with Gasteiger partial charge in [0.25, 0.3) is 0 Å². The third-order valence-corrected chi connectivity index (χ3v) is 5.59.